The van der Waals surface area contributed by atoms with Crippen LogP contribution >= 0.6 is 0 Å². The monoisotopic (exact) mass is 182 g/mol. The van der Waals surface area contributed by atoms with Crippen LogP contribution in [0, 0.1) is 0 Å². The Morgan fingerprint density at radius 3 is 2.92 bits per heavy atom. The predicted octanol–water partition coefficient (Wildman–Crippen LogP) is 0.655. The first-order chi connectivity index (χ1) is 6.15. The number of carbonyl (C=O) groups is 1. The lowest BCUT2D eigenvalue weighted by atomic mass is 10.3. The fraction of sp³-hybridized carbons (Fsp3) is 0.444. The number of rotatable bonds is 4. The zero-order valence-electron chi connectivity index (χ0n) is 7.66. The lowest BCUT2D eigenvalue weighted by Crippen LogP contribution is -2.06. The molecule has 1 heterocycles. The van der Waals surface area contributed by atoms with Gasteiger partial charge in [0.1, 0.15) is 0 Å². The van der Waals surface area contributed by atoms with Gasteiger partial charge in [-0.3, -0.25) is 4.79 Å². The third-order valence-corrected chi connectivity index (χ3v) is 1.84. The average molecular weight is 182 g/mol. The Labute approximate surface area is 77.0 Å². The Balaban J connectivity index is 2.84. The summed E-state index contributed by atoms with van der Waals surface area (Å²) in [6, 6.07) is 1.65. The summed E-state index contributed by atoms with van der Waals surface area (Å²) in [6.07, 6.45) is 2.35. The number of nitrogens with zero attached hydrogens (tertiary/aromatic N) is 1. The van der Waals surface area contributed by atoms with Crippen molar-refractivity contribution < 1.29 is 9.90 Å². The van der Waals surface area contributed by atoms with Crippen molar-refractivity contribution in [1.29, 1.82) is 0 Å². The number of anilines is 1. The number of aromatic nitrogens is 1. The molecule has 72 valence electrons. The molecule has 0 radical (unpaired) electrons. The largest absolute Gasteiger partial charge is 0.397 e. The maximum absolute atomic E-state index is 11.1. The van der Waals surface area contributed by atoms with Gasteiger partial charge in [0.05, 0.1) is 11.4 Å². The van der Waals surface area contributed by atoms with Crippen LogP contribution in [0.5, 0.6) is 0 Å². The molecule has 0 amide bonds. The number of hydrogen-bond donors (Lipinski definition) is 2. The van der Waals surface area contributed by atoms with Crippen LogP contribution in [0.15, 0.2) is 12.3 Å². The minimum atomic E-state index is -0.00496. The van der Waals surface area contributed by atoms with Crippen molar-refractivity contribution in [2.75, 3.05) is 12.3 Å². The normalized spacial score (nSPS) is 10.3. The third-order valence-electron chi connectivity index (χ3n) is 1.84. The SMILES string of the molecule is CC(=O)c1cc(N)cn1CCCO. The third kappa shape index (κ3) is 2.32. The summed E-state index contributed by atoms with van der Waals surface area (Å²) in [5, 5.41) is 8.63. The van der Waals surface area contributed by atoms with E-state index in [1.807, 2.05) is 0 Å². The van der Waals surface area contributed by atoms with E-state index in [1.54, 1.807) is 16.8 Å². The van der Waals surface area contributed by atoms with Crippen LogP contribution in [0.2, 0.25) is 0 Å². The lowest BCUT2D eigenvalue weighted by Gasteiger charge is -2.04. The molecule has 0 saturated carbocycles. The molecular formula is C9H14N2O2. The Morgan fingerprint density at radius 1 is 1.69 bits per heavy atom. The first-order valence-electron chi connectivity index (χ1n) is 4.22. The average Bonchev–Trinajstić information content (AvgIpc) is 2.43. The highest BCUT2D eigenvalue weighted by atomic mass is 16.3. The van der Waals surface area contributed by atoms with E-state index in [0.29, 0.717) is 24.3 Å². The van der Waals surface area contributed by atoms with Gasteiger partial charge in [-0.2, -0.15) is 0 Å². The molecule has 4 heteroatoms. The molecule has 0 aromatic carbocycles. The lowest BCUT2D eigenvalue weighted by molar-refractivity contribution is 0.100. The Bertz CT molecular complexity index is 305. The highest BCUT2D eigenvalue weighted by molar-refractivity contribution is 5.93. The van der Waals surface area contributed by atoms with Gasteiger partial charge in [0.25, 0.3) is 0 Å². The molecule has 13 heavy (non-hydrogen) atoms. The molecule has 1 aromatic rings. The van der Waals surface area contributed by atoms with E-state index in [-0.39, 0.29) is 12.4 Å². The number of Topliss-reactive ketones (excluding diaryl/α,β-unsaturated/α-hetero) is 1. The van der Waals surface area contributed by atoms with Gasteiger partial charge < -0.3 is 15.4 Å². The van der Waals surface area contributed by atoms with E-state index >= 15 is 0 Å². The first-order valence-corrected chi connectivity index (χ1v) is 4.22. The molecule has 0 bridgehead atoms. The van der Waals surface area contributed by atoms with Crippen LogP contribution in [0.1, 0.15) is 23.8 Å². The predicted molar refractivity (Wildman–Crippen MR) is 50.6 cm³/mol. The van der Waals surface area contributed by atoms with Crippen molar-refractivity contribution in [2.24, 2.45) is 0 Å². The van der Waals surface area contributed by atoms with E-state index in [1.165, 1.54) is 6.92 Å². The van der Waals surface area contributed by atoms with Gasteiger partial charge in [-0.05, 0) is 12.5 Å². The number of nitrogen functional groups attached to an aromatic ring is 1. The first kappa shape index (κ1) is 9.80. The van der Waals surface area contributed by atoms with Crippen LogP contribution in [0.25, 0.3) is 0 Å². The fourth-order valence-corrected chi connectivity index (χ4v) is 1.26. The summed E-state index contributed by atoms with van der Waals surface area (Å²) in [6.45, 7) is 2.25. The van der Waals surface area contributed by atoms with Gasteiger partial charge in [-0.1, -0.05) is 0 Å². The second-order valence-corrected chi connectivity index (χ2v) is 2.99. The highest BCUT2D eigenvalue weighted by Crippen LogP contribution is 2.11. The van der Waals surface area contributed by atoms with Gasteiger partial charge in [-0.15, -0.1) is 0 Å². The zero-order chi connectivity index (χ0) is 9.84. The molecule has 0 fully saturated rings. The van der Waals surface area contributed by atoms with Crippen molar-refractivity contribution in [3.8, 4) is 0 Å². The van der Waals surface area contributed by atoms with Gasteiger partial charge >= 0.3 is 0 Å². The number of aliphatic hydroxyl groups is 1. The van der Waals surface area contributed by atoms with E-state index < -0.39 is 0 Å². The van der Waals surface area contributed by atoms with Gasteiger partial charge in [0, 0.05) is 26.3 Å². The molecule has 0 aliphatic rings. The van der Waals surface area contributed by atoms with E-state index in [9.17, 15) is 4.79 Å². The maximum atomic E-state index is 11.1. The molecule has 0 aliphatic carbocycles. The van der Waals surface area contributed by atoms with Crippen LogP contribution in [-0.4, -0.2) is 22.1 Å². The molecule has 4 nitrogen and oxygen atoms in total. The van der Waals surface area contributed by atoms with Crippen molar-refractivity contribution in [3.05, 3.63) is 18.0 Å². The minimum Gasteiger partial charge on any atom is -0.397 e. The number of ketones is 1. The molecule has 1 aromatic heterocycles. The molecule has 0 unspecified atom stereocenters. The summed E-state index contributed by atoms with van der Waals surface area (Å²) >= 11 is 0. The van der Waals surface area contributed by atoms with Crippen LogP contribution in [0.4, 0.5) is 5.69 Å². The minimum absolute atomic E-state index is 0.00496. The molecule has 3 N–H and O–H groups in total. The zero-order valence-corrected chi connectivity index (χ0v) is 7.66. The maximum Gasteiger partial charge on any atom is 0.176 e. The Morgan fingerprint density at radius 2 is 2.38 bits per heavy atom. The molecule has 0 spiro atoms. The van der Waals surface area contributed by atoms with E-state index in [0.717, 1.165) is 0 Å². The topological polar surface area (TPSA) is 68.2 Å². The smallest absolute Gasteiger partial charge is 0.176 e. The van der Waals surface area contributed by atoms with Gasteiger partial charge in [-0.25, -0.2) is 0 Å². The van der Waals surface area contributed by atoms with E-state index in [2.05, 4.69) is 0 Å². The quantitative estimate of drug-likeness (QED) is 0.672. The summed E-state index contributed by atoms with van der Waals surface area (Å²) in [5.74, 6) is -0.00496. The standard InChI is InChI=1S/C9H14N2O2/c1-7(13)9-5-8(10)6-11(9)3-2-4-12/h5-6,12H,2-4,10H2,1H3. The Kier molecular flexibility index (Phi) is 3.08. The highest BCUT2D eigenvalue weighted by Gasteiger charge is 2.07. The molecule has 0 aliphatic heterocycles. The number of aliphatic hydroxyl groups excluding tert-OH is 1. The fourth-order valence-electron chi connectivity index (χ4n) is 1.26. The second kappa shape index (κ2) is 4.09. The van der Waals surface area contributed by atoms with Crippen molar-refractivity contribution in [2.45, 2.75) is 19.9 Å². The van der Waals surface area contributed by atoms with Gasteiger partial charge in [0.2, 0.25) is 0 Å². The summed E-state index contributed by atoms with van der Waals surface area (Å²) in [7, 11) is 0. The van der Waals surface area contributed by atoms with Crippen molar-refractivity contribution in [1.82, 2.24) is 4.57 Å². The summed E-state index contributed by atoms with van der Waals surface area (Å²) < 4.78 is 1.77. The van der Waals surface area contributed by atoms with Crippen LogP contribution in [-0.2, 0) is 6.54 Å². The van der Waals surface area contributed by atoms with Crippen LogP contribution < -0.4 is 5.73 Å². The number of carbonyl (C=O) groups excluding carboxylic acids is 1. The molecule has 0 atom stereocenters. The van der Waals surface area contributed by atoms with E-state index in [4.69, 9.17) is 10.8 Å². The molecule has 1 rings (SSSR count). The van der Waals surface area contributed by atoms with Crippen LogP contribution in [0.3, 0.4) is 0 Å². The Hall–Kier alpha value is -1.29. The second-order valence-electron chi connectivity index (χ2n) is 2.99. The number of hydrogen-bond acceptors (Lipinski definition) is 3. The van der Waals surface area contributed by atoms with Crippen molar-refractivity contribution >= 4 is 11.5 Å². The number of aryl methyl sites for hydroxylation is 1. The molecular weight excluding hydrogens is 168 g/mol. The van der Waals surface area contributed by atoms with Gasteiger partial charge in [0.15, 0.2) is 5.78 Å². The summed E-state index contributed by atoms with van der Waals surface area (Å²) in [5.41, 5.74) is 6.74. The molecule has 0 saturated heterocycles. The van der Waals surface area contributed by atoms with Crippen molar-refractivity contribution in [3.63, 3.8) is 0 Å². The summed E-state index contributed by atoms with van der Waals surface area (Å²) in [4.78, 5) is 11.1. The number of nitrogens with two attached hydrogens (primary N) is 1.